The number of carbonyl (C=O) groups is 1. The van der Waals surface area contributed by atoms with Gasteiger partial charge in [-0.15, -0.1) is 0 Å². The van der Waals surface area contributed by atoms with E-state index in [4.69, 9.17) is 14.2 Å². The van der Waals surface area contributed by atoms with Crippen molar-refractivity contribution in [1.82, 2.24) is 4.90 Å². The lowest BCUT2D eigenvalue weighted by Crippen LogP contribution is -3.08. The summed E-state index contributed by atoms with van der Waals surface area (Å²) in [4.78, 5) is 15.7. The van der Waals surface area contributed by atoms with Crippen molar-refractivity contribution in [2.24, 2.45) is 0 Å². The SMILES string of the molecule is COc1ccc2cc(CN(C)C(=O)C[NH+](C)Cc3cccc(OC)c3OC)ccc2c1. The molecule has 31 heavy (non-hydrogen) atoms. The summed E-state index contributed by atoms with van der Waals surface area (Å²) < 4.78 is 16.2. The van der Waals surface area contributed by atoms with Crippen molar-refractivity contribution in [3.05, 3.63) is 65.7 Å². The summed E-state index contributed by atoms with van der Waals surface area (Å²) in [6.45, 7) is 1.62. The number of para-hydroxylation sites is 1. The molecule has 3 rings (SSSR count). The number of methoxy groups -OCH3 is 3. The normalized spacial score (nSPS) is 11.8. The van der Waals surface area contributed by atoms with Gasteiger partial charge in [0.15, 0.2) is 18.0 Å². The topological polar surface area (TPSA) is 52.4 Å². The second-order valence-corrected chi connectivity index (χ2v) is 7.76. The lowest BCUT2D eigenvalue weighted by Gasteiger charge is -2.21. The fraction of sp³-hybridized carbons (Fsp3) is 0.320. The van der Waals surface area contributed by atoms with Crippen molar-refractivity contribution in [1.29, 1.82) is 0 Å². The molecule has 0 aliphatic heterocycles. The highest BCUT2D eigenvalue weighted by Gasteiger charge is 2.18. The quantitative estimate of drug-likeness (QED) is 0.575. The van der Waals surface area contributed by atoms with E-state index in [0.29, 0.717) is 25.4 Å². The Labute approximate surface area is 183 Å². The number of amides is 1. The van der Waals surface area contributed by atoms with E-state index in [9.17, 15) is 4.79 Å². The minimum atomic E-state index is 0.0918. The maximum Gasteiger partial charge on any atom is 0.277 e. The highest BCUT2D eigenvalue weighted by atomic mass is 16.5. The zero-order valence-electron chi connectivity index (χ0n) is 18.9. The molecular formula is C25H31N2O4+. The summed E-state index contributed by atoms with van der Waals surface area (Å²) in [5.74, 6) is 2.35. The van der Waals surface area contributed by atoms with Crippen LogP contribution in [0.4, 0.5) is 0 Å². The van der Waals surface area contributed by atoms with E-state index in [2.05, 4.69) is 18.2 Å². The predicted octanol–water partition coefficient (Wildman–Crippen LogP) is 2.54. The van der Waals surface area contributed by atoms with Crippen LogP contribution in [-0.2, 0) is 17.9 Å². The van der Waals surface area contributed by atoms with Crippen molar-refractivity contribution < 1.29 is 23.9 Å². The second kappa shape index (κ2) is 10.2. The van der Waals surface area contributed by atoms with E-state index in [1.165, 1.54) is 0 Å². The third-order valence-electron chi connectivity index (χ3n) is 5.39. The van der Waals surface area contributed by atoms with Crippen LogP contribution in [0.2, 0.25) is 0 Å². The van der Waals surface area contributed by atoms with Crippen molar-refractivity contribution in [3.8, 4) is 17.2 Å². The molecule has 164 valence electrons. The number of likely N-dealkylation sites (N-methyl/N-ethyl adjacent to an activating group) is 2. The molecule has 0 heterocycles. The molecule has 0 aliphatic carbocycles. The van der Waals surface area contributed by atoms with E-state index >= 15 is 0 Å². The first-order valence-corrected chi connectivity index (χ1v) is 10.3. The molecule has 1 N–H and O–H groups in total. The fourth-order valence-electron chi connectivity index (χ4n) is 3.73. The number of hydrogen-bond donors (Lipinski definition) is 1. The van der Waals surface area contributed by atoms with Crippen molar-refractivity contribution in [3.63, 3.8) is 0 Å². The van der Waals surface area contributed by atoms with Crippen LogP contribution < -0.4 is 19.1 Å². The molecule has 0 bridgehead atoms. The number of ether oxygens (including phenoxy) is 3. The molecule has 1 amide bonds. The maximum absolute atomic E-state index is 12.8. The molecule has 6 nitrogen and oxygen atoms in total. The van der Waals surface area contributed by atoms with Gasteiger partial charge in [0.05, 0.1) is 33.9 Å². The van der Waals surface area contributed by atoms with Crippen LogP contribution in [0, 0.1) is 0 Å². The Morgan fingerprint density at radius 2 is 1.68 bits per heavy atom. The lowest BCUT2D eigenvalue weighted by molar-refractivity contribution is -0.885. The average Bonchev–Trinajstić information content (AvgIpc) is 2.78. The van der Waals surface area contributed by atoms with Gasteiger partial charge in [-0.05, 0) is 46.7 Å². The van der Waals surface area contributed by atoms with Crippen LogP contribution in [0.5, 0.6) is 17.2 Å². The van der Waals surface area contributed by atoms with E-state index < -0.39 is 0 Å². The Balaban J connectivity index is 1.62. The highest BCUT2D eigenvalue weighted by Crippen LogP contribution is 2.30. The Morgan fingerprint density at radius 1 is 0.935 bits per heavy atom. The Kier molecular flexibility index (Phi) is 7.36. The molecule has 6 heteroatoms. The molecule has 0 aromatic heterocycles. The number of fused-ring (bicyclic) bond motifs is 1. The van der Waals surface area contributed by atoms with Crippen LogP contribution in [0.3, 0.4) is 0 Å². The first-order chi connectivity index (χ1) is 14.9. The van der Waals surface area contributed by atoms with E-state index in [1.807, 2.05) is 50.5 Å². The van der Waals surface area contributed by atoms with Gasteiger partial charge < -0.3 is 24.0 Å². The third-order valence-corrected chi connectivity index (χ3v) is 5.39. The monoisotopic (exact) mass is 423 g/mol. The molecular weight excluding hydrogens is 392 g/mol. The highest BCUT2D eigenvalue weighted by molar-refractivity contribution is 5.84. The first-order valence-electron chi connectivity index (χ1n) is 10.3. The smallest absolute Gasteiger partial charge is 0.277 e. The van der Waals surface area contributed by atoms with Crippen molar-refractivity contribution in [2.75, 3.05) is 42.0 Å². The number of rotatable bonds is 9. The molecule has 1 unspecified atom stereocenters. The van der Waals surface area contributed by atoms with Gasteiger partial charge >= 0.3 is 0 Å². The molecule has 0 radical (unpaired) electrons. The van der Waals surface area contributed by atoms with Gasteiger partial charge in [-0.3, -0.25) is 4.79 Å². The van der Waals surface area contributed by atoms with Crippen LogP contribution in [0.25, 0.3) is 10.8 Å². The Morgan fingerprint density at radius 3 is 2.39 bits per heavy atom. The standard InChI is InChI=1S/C25H30N2O4/c1-26(16-21-7-6-8-23(30-4)25(21)31-5)17-24(28)27(2)15-18-9-10-20-14-22(29-3)12-11-19(20)13-18/h6-14H,15-17H2,1-5H3/p+1. The summed E-state index contributed by atoms with van der Waals surface area (Å²) in [7, 11) is 8.78. The Hall–Kier alpha value is -3.25. The van der Waals surface area contributed by atoms with Gasteiger partial charge in [-0.2, -0.15) is 0 Å². The molecule has 0 spiro atoms. The van der Waals surface area contributed by atoms with E-state index in [0.717, 1.165) is 38.3 Å². The summed E-state index contributed by atoms with van der Waals surface area (Å²) in [6, 6.07) is 18.1. The van der Waals surface area contributed by atoms with Crippen LogP contribution >= 0.6 is 0 Å². The molecule has 3 aromatic carbocycles. The second-order valence-electron chi connectivity index (χ2n) is 7.76. The van der Waals surface area contributed by atoms with Gasteiger partial charge in [-0.25, -0.2) is 0 Å². The minimum absolute atomic E-state index is 0.0918. The number of benzene rings is 3. The largest absolute Gasteiger partial charge is 0.497 e. The summed E-state index contributed by atoms with van der Waals surface area (Å²) in [6.07, 6.45) is 0. The van der Waals surface area contributed by atoms with E-state index in [-0.39, 0.29) is 5.91 Å². The average molecular weight is 424 g/mol. The zero-order chi connectivity index (χ0) is 22.4. The summed E-state index contributed by atoms with van der Waals surface area (Å²) >= 11 is 0. The third kappa shape index (κ3) is 5.47. The number of carbonyl (C=O) groups excluding carboxylic acids is 1. The van der Waals surface area contributed by atoms with E-state index in [1.54, 1.807) is 26.2 Å². The van der Waals surface area contributed by atoms with Crippen LogP contribution in [-0.4, -0.2) is 52.8 Å². The number of nitrogens with one attached hydrogen (secondary N) is 1. The molecule has 0 aliphatic rings. The molecule has 1 atom stereocenters. The minimum Gasteiger partial charge on any atom is -0.497 e. The molecule has 0 fully saturated rings. The maximum atomic E-state index is 12.8. The van der Waals surface area contributed by atoms with Crippen molar-refractivity contribution in [2.45, 2.75) is 13.1 Å². The first kappa shape index (κ1) is 22.4. The van der Waals surface area contributed by atoms with Gasteiger partial charge in [0.1, 0.15) is 12.3 Å². The molecule has 3 aromatic rings. The van der Waals surface area contributed by atoms with Crippen LogP contribution in [0.1, 0.15) is 11.1 Å². The molecule has 0 saturated heterocycles. The lowest BCUT2D eigenvalue weighted by atomic mass is 10.1. The van der Waals surface area contributed by atoms with Crippen molar-refractivity contribution >= 4 is 16.7 Å². The van der Waals surface area contributed by atoms with Gasteiger partial charge in [0.25, 0.3) is 5.91 Å². The molecule has 0 saturated carbocycles. The summed E-state index contributed by atoms with van der Waals surface area (Å²) in [5, 5.41) is 2.25. The summed E-state index contributed by atoms with van der Waals surface area (Å²) in [5.41, 5.74) is 2.11. The van der Waals surface area contributed by atoms with Crippen LogP contribution in [0.15, 0.2) is 54.6 Å². The van der Waals surface area contributed by atoms with Gasteiger partial charge in [-0.1, -0.05) is 24.3 Å². The predicted molar refractivity (Wildman–Crippen MR) is 122 cm³/mol. The zero-order valence-corrected chi connectivity index (χ0v) is 18.9. The van der Waals surface area contributed by atoms with Gasteiger partial charge in [0, 0.05) is 13.6 Å². The number of quaternary nitrogens is 1. The number of nitrogens with zero attached hydrogens (tertiary/aromatic N) is 1. The fourth-order valence-corrected chi connectivity index (χ4v) is 3.73. The van der Waals surface area contributed by atoms with Gasteiger partial charge in [0.2, 0.25) is 0 Å². The Bertz CT molecular complexity index is 1050. The number of hydrogen-bond acceptors (Lipinski definition) is 4.